The average Bonchev–Trinajstić information content (AvgIpc) is 2.48. The van der Waals surface area contributed by atoms with Crippen molar-refractivity contribution in [2.24, 2.45) is 0 Å². The summed E-state index contributed by atoms with van der Waals surface area (Å²) in [6.45, 7) is 6.54. The summed E-state index contributed by atoms with van der Waals surface area (Å²) in [4.78, 5) is 4.07. The lowest BCUT2D eigenvalue weighted by molar-refractivity contribution is 0.228. The predicted octanol–water partition coefficient (Wildman–Crippen LogP) is 0.629. The molecule has 1 rings (SSSR count). The Kier molecular flexibility index (Phi) is 3.60. The van der Waals surface area contributed by atoms with Crippen molar-refractivity contribution in [3.05, 3.63) is 11.7 Å². The second-order valence-electron chi connectivity index (χ2n) is 3.94. The van der Waals surface area contributed by atoms with Crippen molar-refractivity contribution < 1.29 is 9.63 Å². The first-order chi connectivity index (χ1) is 6.53. The third kappa shape index (κ3) is 3.43. The van der Waals surface area contributed by atoms with Gasteiger partial charge >= 0.3 is 0 Å². The Balaban J connectivity index is 2.40. The van der Waals surface area contributed by atoms with E-state index in [0.29, 0.717) is 24.7 Å². The molecule has 80 valence electrons. The van der Waals surface area contributed by atoms with Crippen molar-refractivity contribution in [1.29, 1.82) is 0 Å². The normalized spacial score (nSPS) is 12.0. The number of aryl methyl sites for hydroxylation is 1. The maximum absolute atomic E-state index is 8.81. The van der Waals surface area contributed by atoms with Crippen LogP contribution in [-0.4, -0.2) is 27.4 Å². The molecule has 1 aromatic rings. The molecule has 0 saturated carbocycles. The van der Waals surface area contributed by atoms with Gasteiger partial charge in [-0.3, -0.25) is 0 Å². The Bertz CT molecular complexity index is 283. The molecular formula is C9H17N3O2. The highest BCUT2D eigenvalue weighted by atomic mass is 16.5. The summed E-state index contributed by atoms with van der Waals surface area (Å²) >= 11 is 0. The molecule has 0 spiro atoms. The zero-order chi connectivity index (χ0) is 10.6. The Hall–Kier alpha value is -0.940. The molecule has 5 heteroatoms. The summed E-state index contributed by atoms with van der Waals surface area (Å²) < 4.78 is 4.84. The number of hydrogen-bond acceptors (Lipinski definition) is 5. The fraction of sp³-hybridized carbons (Fsp3) is 0.778. The number of nitrogens with one attached hydrogen (secondary N) is 1. The van der Waals surface area contributed by atoms with E-state index in [1.807, 2.05) is 13.8 Å². The van der Waals surface area contributed by atoms with E-state index in [1.54, 1.807) is 6.92 Å². The van der Waals surface area contributed by atoms with Gasteiger partial charge in [-0.15, -0.1) is 0 Å². The van der Waals surface area contributed by atoms with E-state index in [1.165, 1.54) is 0 Å². The van der Waals surface area contributed by atoms with Crippen molar-refractivity contribution in [3.8, 4) is 0 Å². The third-order valence-electron chi connectivity index (χ3n) is 2.03. The van der Waals surface area contributed by atoms with Gasteiger partial charge in [-0.1, -0.05) is 5.16 Å². The fourth-order valence-electron chi connectivity index (χ4n) is 1.10. The summed E-state index contributed by atoms with van der Waals surface area (Å²) in [6.07, 6.45) is 0.698. The minimum Gasteiger partial charge on any atom is -0.396 e. The van der Waals surface area contributed by atoms with E-state index >= 15 is 0 Å². The van der Waals surface area contributed by atoms with Gasteiger partial charge in [-0.2, -0.15) is 4.98 Å². The van der Waals surface area contributed by atoms with Crippen LogP contribution in [0.2, 0.25) is 0 Å². The maximum atomic E-state index is 8.81. The first-order valence-corrected chi connectivity index (χ1v) is 4.68. The molecule has 14 heavy (non-hydrogen) atoms. The van der Waals surface area contributed by atoms with E-state index in [2.05, 4.69) is 15.5 Å². The Morgan fingerprint density at radius 1 is 1.50 bits per heavy atom. The lowest BCUT2D eigenvalue weighted by Gasteiger charge is -2.24. The first kappa shape index (κ1) is 11.1. The Morgan fingerprint density at radius 2 is 2.21 bits per heavy atom. The molecule has 2 N–H and O–H groups in total. The van der Waals surface area contributed by atoms with Crippen molar-refractivity contribution in [3.63, 3.8) is 0 Å². The molecule has 5 nitrogen and oxygen atoms in total. The summed E-state index contributed by atoms with van der Waals surface area (Å²) in [5, 5.41) is 15.8. The molecule has 0 radical (unpaired) electrons. The van der Waals surface area contributed by atoms with Crippen LogP contribution in [-0.2, 0) is 6.54 Å². The van der Waals surface area contributed by atoms with Crippen LogP contribution in [0.1, 0.15) is 32.0 Å². The highest BCUT2D eigenvalue weighted by Gasteiger charge is 2.16. The second kappa shape index (κ2) is 4.52. The SMILES string of the molecule is Cc1nc(CNC(C)(C)CCO)no1. The van der Waals surface area contributed by atoms with Crippen molar-refractivity contribution in [2.45, 2.75) is 39.3 Å². The molecule has 0 aliphatic heterocycles. The lowest BCUT2D eigenvalue weighted by atomic mass is 10.0. The van der Waals surface area contributed by atoms with E-state index in [0.717, 1.165) is 0 Å². The van der Waals surface area contributed by atoms with E-state index < -0.39 is 0 Å². The molecule has 0 unspecified atom stereocenters. The molecule has 0 fully saturated rings. The van der Waals surface area contributed by atoms with Gasteiger partial charge in [0.2, 0.25) is 5.89 Å². The molecule has 0 aliphatic rings. The molecule has 0 atom stereocenters. The van der Waals surface area contributed by atoms with Crippen LogP contribution in [0.25, 0.3) is 0 Å². The molecule has 0 aliphatic carbocycles. The largest absolute Gasteiger partial charge is 0.396 e. The van der Waals surface area contributed by atoms with Crippen molar-refractivity contribution in [1.82, 2.24) is 15.5 Å². The summed E-state index contributed by atoms with van der Waals surface area (Å²) in [5.41, 5.74) is -0.108. The third-order valence-corrected chi connectivity index (χ3v) is 2.03. The van der Waals surface area contributed by atoms with E-state index in [-0.39, 0.29) is 12.1 Å². The second-order valence-corrected chi connectivity index (χ2v) is 3.94. The smallest absolute Gasteiger partial charge is 0.223 e. The monoisotopic (exact) mass is 199 g/mol. The molecular weight excluding hydrogens is 182 g/mol. The van der Waals surface area contributed by atoms with Crippen LogP contribution in [0.5, 0.6) is 0 Å². The van der Waals surface area contributed by atoms with Gasteiger partial charge in [0, 0.05) is 19.1 Å². The molecule has 0 bridgehead atoms. The number of aliphatic hydroxyl groups excluding tert-OH is 1. The molecule has 1 aromatic heterocycles. The zero-order valence-electron chi connectivity index (χ0n) is 8.87. The van der Waals surface area contributed by atoms with Gasteiger partial charge < -0.3 is 14.9 Å². The number of aliphatic hydroxyl groups is 1. The van der Waals surface area contributed by atoms with E-state index in [9.17, 15) is 0 Å². The van der Waals surface area contributed by atoms with Gasteiger partial charge in [0.1, 0.15) is 0 Å². The number of hydrogen-bond donors (Lipinski definition) is 2. The highest BCUT2D eigenvalue weighted by Crippen LogP contribution is 2.08. The van der Waals surface area contributed by atoms with Crippen LogP contribution < -0.4 is 5.32 Å². The highest BCUT2D eigenvalue weighted by molar-refractivity contribution is 4.86. The van der Waals surface area contributed by atoms with Crippen LogP contribution in [0.4, 0.5) is 0 Å². The number of aromatic nitrogens is 2. The van der Waals surface area contributed by atoms with Gasteiger partial charge in [-0.25, -0.2) is 0 Å². The standard InChI is InChI=1S/C9H17N3O2/c1-7-11-8(12-14-7)6-10-9(2,3)4-5-13/h10,13H,4-6H2,1-3H3. The number of rotatable bonds is 5. The van der Waals surface area contributed by atoms with Crippen LogP contribution >= 0.6 is 0 Å². The van der Waals surface area contributed by atoms with Crippen LogP contribution in [0, 0.1) is 6.92 Å². The lowest BCUT2D eigenvalue weighted by Crippen LogP contribution is -2.39. The Labute approximate surface area is 83.5 Å². The van der Waals surface area contributed by atoms with E-state index in [4.69, 9.17) is 9.63 Å². The minimum absolute atomic E-state index is 0.108. The average molecular weight is 199 g/mol. The molecule has 0 amide bonds. The molecule has 0 saturated heterocycles. The van der Waals surface area contributed by atoms with Gasteiger partial charge in [0.05, 0.1) is 6.54 Å². The maximum Gasteiger partial charge on any atom is 0.223 e. The number of nitrogens with zero attached hydrogens (tertiary/aromatic N) is 2. The summed E-state index contributed by atoms with van der Waals surface area (Å²) in [7, 11) is 0. The summed E-state index contributed by atoms with van der Waals surface area (Å²) in [6, 6.07) is 0. The molecule has 0 aromatic carbocycles. The van der Waals surface area contributed by atoms with Gasteiger partial charge in [0.25, 0.3) is 0 Å². The van der Waals surface area contributed by atoms with Crippen molar-refractivity contribution in [2.75, 3.05) is 6.61 Å². The van der Waals surface area contributed by atoms with Gasteiger partial charge in [-0.05, 0) is 20.3 Å². The van der Waals surface area contributed by atoms with Crippen molar-refractivity contribution >= 4 is 0 Å². The minimum atomic E-state index is -0.108. The van der Waals surface area contributed by atoms with Gasteiger partial charge in [0.15, 0.2) is 5.82 Å². The first-order valence-electron chi connectivity index (χ1n) is 4.68. The van der Waals surface area contributed by atoms with Crippen LogP contribution in [0.3, 0.4) is 0 Å². The van der Waals surface area contributed by atoms with Crippen LogP contribution in [0.15, 0.2) is 4.52 Å². The predicted molar refractivity (Wildman–Crippen MR) is 51.7 cm³/mol. The Morgan fingerprint density at radius 3 is 2.71 bits per heavy atom. The zero-order valence-corrected chi connectivity index (χ0v) is 8.87. The topological polar surface area (TPSA) is 71.2 Å². The quantitative estimate of drug-likeness (QED) is 0.727. The molecule has 1 heterocycles. The summed E-state index contributed by atoms with van der Waals surface area (Å²) in [5.74, 6) is 1.22. The fourth-order valence-corrected chi connectivity index (χ4v) is 1.10.